The van der Waals surface area contributed by atoms with Crippen LogP contribution < -0.4 is 4.74 Å². The molecule has 2 amide bonds. The Balaban J connectivity index is 1.97. The summed E-state index contributed by atoms with van der Waals surface area (Å²) in [7, 11) is 1.64. The summed E-state index contributed by atoms with van der Waals surface area (Å²) in [6, 6.07) is 6.07. The first-order valence-corrected chi connectivity index (χ1v) is 9.83. The number of amides is 2. The van der Waals surface area contributed by atoms with E-state index in [0.29, 0.717) is 44.9 Å². The molecule has 150 valence electrons. The fourth-order valence-corrected chi connectivity index (χ4v) is 3.34. The van der Waals surface area contributed by atoms with Crippen LogP contribution in [0.15, 0.2) is 18.2 Å². The van der Waals surface area contributed by atoms with Gasteiger partial charge in [0.15, 0.2) is 0 Å². The molecule has 0 spiro atoms. The fourth-order valence-electron chi connectivity index (χ4n) is 3.34. The first-order valence-electron chi connectivity index (χ1n) is 9.83. The van der Waals surface area contributed by atoms with Crippen molar-refractivity contribution in [1.82, 2.24) is 9.80 Å². The lowest BCUT2D eigenvalue weighted by Gasteiger charge is -2.36. The SMILES string of the molecule is COc1ccc(C(C)C)cc1CC(=O)N1CCN(C(=O)CC(C)(C)C)CC1. The van der Waals surface area contributed by atoms with Gasteiger partial charge < -0.3 is 14.5 Å². The topological polar surface area (TPSA) is 49.9 Å². The van der Waals surface area contributed by atoms with Crippen molar-refractivity contribution < 1.29 is 14.3 Å². The summed E-state index contributed by atoms with van der Waals surface area (Å²) in [5.41, 5.74) is 2.12. The smallest absolute Gasteiger partial charge is 0.227 e. The minimum atomic E-state index is -0.0119. The predicted octanol–water partition coefficient (Wildman–Crippen LogP) is 3.47. The Morgan fingerprint density at radius 1 is 1.04 bits per heavy atom. The lowest BCUT2D eigenvalue weighted by Crippen LogP contribution is -2.51. The number of nitrogens with zero attached hydrogens (tertiary/aromatic N) is 2. The molecule has 1 aromatic carbocycles. The average molecular weight is 375 g/mol. The summed E-state index contributed by atoms with van der Waals surface area (Å²) in [6.07, 6.45) is 0.875. The van der Waals surface area contributed by atoms with Gasteiger partial charge in [-0.3, -0.25) is 9.59 Å². The molecular formula is C22H34N2O3. The van der Waals surface area contributed by atoms with Crippen LogP contribution in [0.25, 0.3) is 0 Å². The minimum absolute atomic E-state index is 0.0119. The molecule has 0 atom stereocenters. The molecule has 1 aromatic rings. The molecule has 1 aliphatic heterocycles. The van der Waals surface area contributed by atoms with E-state index in [2.05, 4.69) is 46.8 Å². The molecule has 1 saturated heterocycles. The fraction of sp³-hybridized carbons (Fsp3) is 0.636. The van der Waals surface area contributed by atoms with Crippen LogP contribution in [0.1, 0.15) is 58.1 Å². The Morgan fingerprint density at radius 2 is 1.59 bits per heavy atom. The zero-order valence-electron chi connectivity index (χ0n) is 17.7. The van der Waals surface area contributed by atoms with Crippen molar-refractivity contribution in [3.05, 3.63) is 29.3 Å². The van der Waals surface area contributed by atoms with Crippen molar-refractivity contribution in [2.45, 2.75) is 53.4 Å². The van der Waals surface area contributed by atoms with E-state index in [1.807, 2.05) is 15.9 Å². The summed E-state index contributed by atoms with van der Waals surface area (Å²) in [5, 5.41) is 0. The highest BCUT2D eigenvalue weighted by atomic mass is 16.5. The van der Waals surface area contributed by atoms with Crippen molar-refractivity contribution >= 4 is 11.8 Å². The van der Waals surface area contributed by atoms with Gasteiger partial charge in [-0.15, -0.1) is 0 Å². The van der Waals surface area contributed by atoms with Gasteiger partial charge in [-0.2, -0.15) is 0 Å². The van der Waals surface area contributed by atoms with Crippen molar-refractivity contribution in [3.8, 4) is 5.75 Å². The zero-order valence-corrected chi connectivity index (χ0v) is 17.7. The van der Waals surface area contributed by atoms with Gasteiger partial charge in [0.1, 0.15) is 5.75 Å². The van der Waals surface area contributed by atoms with Crippen LogP contribution in [-0.2, 0) is 16.0 Å². The van der Waals surface area contributed by atoms with Gasteiger partial charge in [-0.1, -0.05) is 46.8 Å². The van der Waals surface area contributed by atoms with E-state index in [0.717, 1.165) is 11.3 Å². The quantitative estimate of drug-likeness (QED) is 0.793. The molecule has 0 bridgehead atoms. The van der Waals surface area contributed by atoms with Crippen LogP contribution in [0.2, 0.25) is 0 Å². The number of methoxy groups -OCH3 is 1. The highest BCUT2D eigenvalue weighted by Gasteiger charge is 2.27. The van der Waals surface area contributed by atoms with E-state index in [4.69, 9.17) is 4.74 Å². The minimum Gasteiger partial charge on any atom is -0.496 e. The number of benzene rings is 1. The number of hydrogen-bond acceptors (Lipinski definition) is 3. The number of hydrogen-bond donors (Lipinski definition) is 0. The molecule has 2 rings (SSSR count). The van der Waals surface area contributed by atoms with Crippen LogP contribution in [-0.4, -0.2) is 54.9 Å². The van der Waals surface area contributed by atoms with Crippen molar-refractivity contribution in [1.29, 1.82) is 0 Å². The van der Waals surface area contributed by atoms with Crippen LogP contribution >= 0.6 is 0 Å². The van der Waals surface area contributed by atoms with Crippen molar-refractivity contribution in [3.63, 3.8) is 0 Å². The van der Waals surface area contributed by atoms with E-state index in [9.17, 15) is 9.59 Å². The molecule has 5 nitrogen and oxygen atoms in total. The van der Waals surface area contributed by atoms with Gasteiger partial charge in [0.25, 0.3) is 0 Å². The summed E-state index contributed by atoms with van der Waals surface area (Å²) in [6.45, 7) is 12.9. The van der Waals surface area contributed by atoms with Gasteiger partial charge in [0, 0.05) is 38.2 Å². The first-order chi connectivity index (χ1) is 12.6. The van der Waals surface area contributed by atoms with Gasteiger partial charge in [-0.05, 0) is 23.0 Å². The van der Waals surface area contributed by atoms with E-state index in [1.54, 1.807) is 7.11 Å². The monoisotopic (exact) mass is 374 g/mol. The number of ether oxygens (including phenoxy) is 1. The van der Waals surface area contributed by atoms with Gasteiger partial charge >= 0.3 is 0 Å². The zero-order chi connectivity index (χ0) is 20.2. The Kier molecular flexibility index (Phi) is 6.90. The van der Waals surface area contributed by atoms with E-state index in [-0.39, 0.29) is 17.2 Å². The molecule has 1 heterocycles. The number of rotatable bonds is 5. The Morgan fingerprint density at radius 3 is 2.07 bits per heavy atom. The largest absolute Gasteiger partial charge is 0.496 e. The van der Waals surface area contributed by atoms with Crippen molar-refractivity contribution in [2.75, 3.05) is 33.3 Å². The van der Waals surface area contributed by atoms with Crippen LogP contribution in [0.3, 0.4) is 0 Å². The molecule has 5 heteroatoms. The molecule has 1 aliphatic rings. The molecular weight excluding hydrogens is 340 g/mol. The standard InChI is InChI=1S/C22H34N2O3/c1-16(2)17-7-8-19(27-6)18(13-17)14-20(25)23-9-11-24(12-10-23)21(26)15-22(3,4)5/h7-8,13,16H,9-12,14-15H2,1-6H3. The first kappa shape index (κ1) is 21.3. The summed E-state index contributed by atoms with van der Waals surface area (Å²) in [4.78, 5) is 28.9. The second kappa shape index (κ2) is 8.77. The maximum atomic E-state index is 12.8. The van der Waals surface area contributed by atoms with E-state index in [1.165, 1.54) is 5.56 Å². The normalized spacial score (nSPS) is 15.2. The molecule has 0 saturated carbocycles. The lowest BCUT2D eigenvalue weighted by atomic mass is 9.91. The Bertz CT molecular complexity index is 669. The maximum Gasteiger partial charge on any atom is 0.227 e. The molecule has 0 aromatic heterocycles. The van der Waals surface area contributed by atoms with E-state index < -0.39 is 0 Å². The van der Waals surface area contributed by atoms with E-state index >= 15 is 0 Å². The molecule has 27 heavy (non-hydrogen) atoms. The Labute approximate surface area is 163 Å². The summed E-state index contributed by atoms with van der Waals surface area (Å²) in [5.74, 6) is 1.44. The van der Waals surface area contributed by atoms with Crippen LogP contribution in [0.5, 0.6) is 5.75 Å². The van der Waals surface area contributed by atoms with Crippen molar-refractivity contribution in [2.24, 2.45) is 5.41 Å². The average Bonchev–Trinajstić information content (AvgIpc) is 2.60. The van der Waals surface area contributed by atoms with Gasteiger partial charge in [0.05, 0.1) is 13.5 Å². The third-order valence-electron chi connectivity index (χ3n) is 4.98. The van der Waals surface area contributed by atoms with Gasteiger partial charge in [0.2, 0.25) is 11.8 Å². The summed E-state index contributed by atoms with van der Waals surface area (Å²) < 4.78 is 5.44. The van der Waals surface area contributed by atoms with Crippen LogP contribution in [0, 0.1) is 5.41 Å². The second-order valence-electron chi connectivity index (χ2n) is 8.90. The predicted molar refractivity (Wildman–Crippen MR) is 108 cm³/mol. The third-order valence-corrected chi connectivity index (χ3v) is 4.98. The highest BCUT2D eigenvalue weighted by Crippen LogP contribution is 2.25. The van der Waals surface area contributed by atoms with Gasteiger partial charge in [-0.25, -0.2) is 0 Å². The summed E-state index contributed by atoms with van der Waals surface area (Å²) >= 11 is 0. The molecule has 0 radical (unpaired) electrons. The number of piperazine rings is 1. The Hall–Kier alpha value is -2.04. The molecule has 1 fully saturated rings. The lowest BCUT2D eigenvalue weighted by molar-refractivity contribution is -0.140. The van der Waals surface area contributed by atoms with Crippen LogP contribution in [0.4, 0.5) is 0 Å². The number of carbonyl (C=O) groups is 2. The highest BCUT2D eigenvalue weighted by molar-refractivity contribution is 5.81. The third kappa shape index (κ3) is 5.98. The second-order valence-corrected chi connectivity index (χ2v) is 8.90. The number of carbonyl (C=O) groups excluding carboxylic acids is 2. The molecule has 0 aliphatic carbocycles. The molecule has 0 unspecified atom stereocenters. The molecule has 0 N–H and O–H groups in total. The maximum absolute atomic E-state index is 12.8.